The van der Waals surface area contributed by atoms with Crippen LogP contribution in [0, 0.1) is 10.1 Å². The number of benzene rings is 1. The van der Waals surface area contributed by atoms with E-state index in [0.717, 1.165) is 6.07 Å². The van der Waals surface area contributed by atoms with Crippen LogP contribution in [-0.4, -0.2) is 22.9 Å². The predicted molar refractivity (Wildman–Crippen MR) is 68.4 cm³/mol. The number of hydrogen-bond donors (Lipinski definition) is 3. The fourth-order valence-corrected chi connectivity index (χ4v) is 1.36. The molecule has 18 heavy (non-hydrogen) atoms. The van der Waals surface area contributed by atoms with Gasteiger partial charge in [0.15, 0.2) is 0 Å². The highest BCUT2D eigenvalue weighted by atomic mass is 16.6. The number of rotatable bonds is 5. The molecule has 0 aliphatic carbocycles. The maximum absolute atomic E-state index is 11.0. The van der Waals surface area contributed by atoms with Gasteiger partial charge in [0.05, 0.1) is 4.92 Å². The lowest BCUT2D eigenvalue weighted by atomic mass is 10.0. The molecule has 1 rings (SSSR count). The van der Waals surface area contributed by atoms with Crippen LogP contribution in [0.3, 0.4) is 0 Å². The van der Waals surface area contributed by atoms with Gasteiger partial charge in [-0.2, -0.15) is 0 Å². The van der Waals surface area contributed by atoms with Crippen LogP contribution in [0.15, 0.2) is 18.2 Å². The van der Waals surface area contributed by atoms with Gasteiger partial charge in [0, 0.05) is 23.7 Å². The van der Waals surface area contributed by atoms with Gasteiger partial charge in [-0.3, -0.25) is 14.9 Å². The second-order valence-electron chi connectivity index (χ2n) is 4.57. The van der Waals surface area contributed by atoms with Gasteiger partial charge in [-0.1, -0.05) is 0 Å². The number of nitrogens with two attached hydrogens (primary N) is 2. The van der Waals surface area contributed by atoms with E-state index in [9.17, 15) is 14.9 Å². The molecule has 0 spiro atoms. The van der Waals surface area contributed by atoms with Gasteiger partial charge < -0.3 is 16.8 Å². The zero-order valence-corrected chi connectivity index (χ0v) is 10.3. The molecule has 0 heterocycles. The monoisotopic (exact) mass is 252 g/mol. The van der Waals surface area contributed by atoms with Crippen LogP contribution in [0.1, 0.15) is 24.2 Å². The van der Waals surface area contributed by atoms with Gasteiger partial charge >= 0.3 is 0 Å². The summed E-state index contributed by atoms with van der Waals surface area (Å²) >= 11 is 0. The van der Waals surface area contributed by atoms with Crippen molar-refractivity contribution in [2.45, 2.75) is 19.4 Å². The Morgan fingerprint density at radius 2 is 2.11 bits per heavy atom. The van der Waals surface area contributed by atoms with Crippen molar-refractivity contribution in [3.05, 3.63) is 33.9 Å². The molecule has 0 aliphatic heterocycles. The fourth-order valence-electron chi connectivity index (χ4n) is 1.36. The third-order valence-electron chi connectivity index (χ3n) is 2.46. The molecule has 98 valence electrons. The number of carbonyl (C=O) groups excluding carboxylic acids is 1. The van der Waals surface area contributed by atoms with Gasteiger partial charge in [-0.25, -0.2) is 0 Å². The van der Waals surface area contributed by atoms with Crippen LogP contribution in [-0.2, 0) is 0 Å². The van der Waals surface area contributed by atoms with Crippen LogP contribution in [0.2, 0.25) is 0 Å². The molecule has 0 unspecified atom stereocenters. The molecule has 0 radical (unpaired) electrons. The fraction of sp³-hybridized carbons (Fsp3) is 0.364. The van der Waals surface area contributed by atoms with Gasteiger partial charge in [0.25, 0.3) is 5.69 Å². The second kappa shape index (κ2) is 5.01. The number of hydrogen-bond acceptors (Lipinski definition) is 5. The van der Waals surface area contributed by atoms with E-state index in [0.29, 0.717) is 12.2 Å². The van der Waals surface area contributed by atoms with Crippen molar-refractivity contribution in [2.75, 3.05) is 11.9 Å². The van der Waals surface area contributed by atoms with E-state index >= 15 is 0 Å². The molecule has 7 nitrogen and oxygen atoms in total. The van der Waals surface area contributed by atoms with Crippen molar-refractivity contribution in [2.24, 2.45) is 11.5 Å². The number of anilines is 1. The van der Waals surface area contributed by atoms with Crippen molar-refractivity contribution in [3.63, 3.8) is 0 Å². The number of nitro groups is 1. The average molecular weight is 252 g/mol. The Morgan fingerprint density at radius 1 is 1.50 bits per heavy atom. The number of primary amides is 1. The Hall–Kier alpha value is -2.15. The molecule has 0 atom stereocenters. The van der Waals surface area contributed by atoms with E-state index in [-0.39, 0.29) is 11.3 Å². The molecule has 0 saturated carbocycles. The topological polar surface area (TPSA) is 124 Å². The quantitative estimate of drug-likeness (QED) is 0.529. The maximum Gasteiger partial charge on any atom is 0.293 e. The lowest BCUT2D eigenvalue weighted by Crippen LogP contribution is -2.39. The highest BCUT2D eigenvalue weighted by Gasteiger charge is 2.22. The Labute approximate surface area is 104 Å². The molecule has 1 aromatic carbocycles. The summed E-state index contributed by atoms with van der Waals surface area (Å²) in [5.41, 5.74) is 10.3. The molecule has 1 aromatic rings. The number of amides is 1. The highest BCUT2D eigenvalue weighted by molar-refractivity contribution is 5.94. The maximum atomic E-state index is 11.0. The van der Waals surface area contributed by atoms with E-state index in [1.807, 2.05) is 13.8 Å². The van der Waals surface area contributed by atoms with Crippen LogP contribution >= 0.6 is 0 Å². The summed E-state index contributed by atoms with van der Waals surface area (Å²) in [5, 5.41) is 13.9. The van der Waals surface area contributed by atoms with Crippen molar-refractivity contribution in [1.29, 1.82) is 0 Å². The standard InChI is InChI=1S/C11H16N4O3/c1-11(2,6-12)14-8-4-3-7(10(13)16)5-9(8)15(17)18/h3-5,14H,6,12H2,1-2H3,(H2,13,16). The number of nitrogens with one attached hydrogen (secondary N) is 1. The first-order chi connectivity index (χ1) is 8.26. The summed E-state index contributed by atoms with van der Waals surface area (Å²) in [4.78, 5) is 21.4. The van der Waals surface area contributed by atoms with E-state index in [1.165, 1.54) is 12.1 Å². The molecule has 0 aromatic heterocycles. The number of nitrogens with zero attached hydrogens (tertiary/aromatic N) is 1. The molecule has 0 aliphatic rings. The van der Waals surface area contributed by atoms with Gasteiger partial charge in [-0.05, 0) is 26.0 Å². The average Bonchev–Trinajstić information content (AvgIpc) is 2.28. The summed E-state index contributed by atoms with van der Waals surface area (Å²) in [7, 11) is 0. The molecule has 5 N–H and O–H groups in total. The third-order valence-corrected chi connectivity index (χ3v) is 2.46. The Bertz CT molecular complexity index is 485. The lowest BCUT2D eigenvalue weighted by Gasteiger charge is -2.25. The number of nitro benzene ring substituents is 1. The van der Waals surface area contributed by atoms with E-state index in [2.05, 4.69) is 5.32 Å². The SMILES string of the molecule is CC(C)(CN)Nc1ccc(C(N)=O)cc1[N+](=O)[O-]. The molecule has 0 saturated heterocycles. The highest BCUT2D eigenvalue weighted by Crippen LogP contribution is 2.27. The van der Waals surface area contributed by atoms with E-state index < -0.39 is 16.4 Å². The van der Waals surface area contributed by atoms with Crippen LogP contribution < -0.4 is 16.8 Å². The first kappa shape index (κ1) is 13.9. The minimum Gasteiger partial charge on any atom is -0.373 e. The summed E-state index contributed by atoms with van der Waals surface area (Å²) in [6.45, 7) is 3.94. The predicted octanol–water partition coefficient (Wildman–Crippen LogP) is 0.843. The normalized spacial score (nSPS) is 11.1. The first-order valence-electron chi connectivity index (χ1n) is 5.33. The minimum atomic E-state index is -0.706. The zero-order chi connectivity index (χ0) is 13.9. The summed E-state index contributed by atoms with van der Waals surface area (Å²) in [6, 6.07) is 4.04. The molecule has 0 fully saturated rings. The van der Waals surface area contributed by atoms with Crippen molar-refractivity contribution >= 4 is 17.3 Å². The molecule has 1 amide bonds. The lowest BCUT2D eigenvalue weighted by molar-refractivity contribution is -0.384. The first-order valence-corrected chi connectivity index (χ1v) is 5.33. The van der Waals surface area contributed by atoms with Crippen LogP contribution in [0.5, 0.6) is 0 Å². The Kier molecular flexibility index (Phi) is 3.87. The summed E-state index contributed by atoms with van der Waals surface area (Å²) in [6.07, 6.45) is 0. The van der Waals surface area contributed by atoms with E-state index in [1.54, 1.807) is 0 Å². The summed E-state index contributed by atoms with van der Waals surface area (Å²) in [5.74, 6) is -0.706. The van der Waals surface area contributed by atoms with E-state index in [4.69, 9.17) is 11.5 Å². The number of carbonyl (C=O) groups is 1. The van der Waals surface area contributed by atoms with Crippen molar-refractivity contribution in [1.82, 2.24) is 0 Å². The Morgan fingerprint density at radius 3 is 2.56 bits per heavy atom. The third kappa shape index (κ3) is 3.17. The van der Waals surface area contributed by atoms with Crippen molar-refractivity contribution < 1.29 is 9.72 Å². The summed E-state index contributed by atoms with van der Waals surface area (Å²) < 4.78 is 0. The largest absolute Gasteiger partial charge is 0.373 e. The minimum absolute atomic E-state index is 0.0952. The van der Waals surface area contributed by atoms with Crippen LogP contribution in [0.25, 0.3) is 0 Å². The van der Waals surface area contributed by atoms with Gasteiger partial charge in [0.2, 0.25) is 5.91 Å². The molecular weight excluding hydrogens is 236 g/mol. The van der Waals surface area contributed by atoms with Gasteiger partial charge in [-0.15, -0.1) is 0 Å². The molecular formula is C11H16N4O3. The van der Waals surface area contributed by atoms with Crippen LogP contribution in [0.4, 0.5) is 11.4 Å². The van der Waals surface area contributed by atoms with Crippen molar-refractivity contribution in [3.8, 4) is 0 Å². The Balaban J connectivity index is 3.20. The van der Waals surface area contributed by atoms with Gasteiger partial charge in [0.1, 0.15) is 5.69 Å². The zero-order valence-electron chi connectivity index (χ0n) is 10.3. The molecule has 0 bridgehead atoms. The smallest absolute Gasteiger partial charge is 0.293 e. The molecule has 7 heteroatoms. The second-order valence-corrected chi connectivity index (χ2v) is 4.57.